The standard InChI is InChI=1S/C11H12BrNO4S/c12-7-6-18-11(10(7)16)8(14)5-9(15)13-1-3-17-4-2-13/h6,16H,1-5H2. The van der Waals surface area contributed by atoms with Gasteiger partial charge < -0.3 is 14.7 Å². The van der Waals surface area contributed by atoms with Crippen LogP contribution in [-0.2, 0) is 9.53 Å². The van der Waals surface area contributed by atoms with Crippen molar-refractivity contribution in [2.24, 2.45) is 0 Å². The number of hydrogen-bond donors (Lipinski definition) is 1. The van der Waals surface area contributed by atoms with E-state index < -0.39 is 0 Å². The molecule has 1 aromatic heterocycles. The smallest absolute Gasteiger partial charge is 0.230 e. The van der Waals surface area contributed by atoms with Crippen LogP contribution >= 0.6 is 27.3 Å². The summed E-state index contributed by atoms with van der Waals surface area (Å²) in [6, 6.07) is 0. The fraction of sp³-hybridized carbons (Fsp3) is 0.455. The van der Waals surface area contributed by atoms with Crippen LogP contribution in [0, 0.1) is 0 Å². The molecule has 1 saturated heterocycles. The first kappa shape index (κ1) is 13.5. The molecular formula is C11H12BrNO4S. The lowest BCUT2D eigenvalue weighted by atomic mass is 10.2. The molecule has 0 unspecified atom stereocenters. The van der Waals surface area contributed by atoms with Crippen LogP contribution in [0.15, 0.2) is 9.85 Å². The van der Waals surface area contributed by atoms with Crippen molar-refractivity contribution in [2.75, 3.05) is 26.3 Å². The molecule has 2 rings (SSSR count). The maximum Gasteiger partial charge on any atom is 0.230 e. The molecule has 1 amide bonds. The predicted molar refractivity (Wildman–Crippen MR) is 70.0 cm³/mol. The zero-order valence-electron chi connectivity index (χ0n) is 9.52. The number of aromatic hydroxyl groups is 1. The first-order valence-corrected chi connectivity index (χ1v) is 7.11. The second-order valence-electron chi connectivity index (χ2n) is 3.85. The molecular weight excluding hydrogens is 322 g/mol. The Labute approximate surface area is 116 Å². The van der Waals surface area contributed by atoms with E-state index in [1.807, 2.05) is 0 Å². The average Bonchev–Trinajstić information content (AvgIpc) is 2.71. The van der Waals surface area contributed by atoms with Gasteiger partial charge in [0.15, 0.2) is 11.5 Å². The number of ether oxygens (including phenoxy) is 1. The van der Waals surface area contributed by atoms with E-state index in [1.165, 1.54) is 0 Å². The normalized spacial score (nSPS) is 15.7. The monoisotopic (exact) mass is 333 g/mol. The number of carbonyl (C=O) groups is 2. The molecule has 0 aromatic carbocycles. The lowest BCUT2D eigenvalue weighted by Crippen LogP contribution is -2.41. The second-order valence-corrected chi connectivity index (χ2v) is 5.59. The number of carbonyl (C=O) groups excluding carboxylic acids is 2. The summed E-state index contributed by atoms with van der Waals surface area (Å²) in [6.07, 6.45) is -0.208. The van der Waals surface area contributed by atoms with Crippen LogP contribution in [0.3, 0.4) is 0 Å². The molecule has 0 atom stereocenters. The van der Waals surface area contributed by atoms with Crippen LogP contribution in [0.1, 0.15) is 16.1 Å². The van der Waals surface area contributed by atoms with Gasteiger partial charge in [-0.15, -0.1) is 11.3 Å². The molecule has 2 heterocycles. The minimum atomic E-state index is -0.348. The number of halogens is 1. The zero-order chi connectivity index (χ0) is 13.1. The molecule has 98 valence electrons. The van der Waals surface area contributed by atoms with Crippen LogP contribution in [0.2, 0.25) is 0 Å². The van der Waals surface area contributed by atoms with Crippen molar-refractivity contribution >= 4 is 39.0 Å². The third-order valence-electron chi connectivity index (χ3n) is 2.65. The molecule has 5 nitrogen and oxygen atoms in total. The van der Waals surface area contributed by atoms with Gasteiger partial charge in [0.05, 0.1) is 24.1 Å². The summed E-state index contributed by atoms with van der Waals surface area (Å²) in [5.41, 5.74) is 0. The van der Waals surface area contributed by atoms with Crippen LogP contribution in [0.25, 0.3) is 0 Å². The number of nitrogens with zero attached hydrogens (tertiary/aromatic N) is 1. The number of amides is 1. The molecule has 0 radical (unpaired) electrons. The van der Waals surface area contributed by atoms with Crippen molar-refractivity contribution in [3.05, 3.63) is 14.7 Å². The van der Waals surface area contributed by atoms with Gasteiger partial charge in [-0.2, -0.15) is 0 Å². The van der Waals surface area contributed by atoms with Crippen molar-refractivity contribution in [3.63, 3.8) is 0 Å². The lowest BCUT2D eigenvalue weighted by Gasteiger charge is -2.26. The summed E-state index contributed by atoms with van der Waals surface area (Å²) >= 11 is 4.25. The molecule has 18 heavy (non-hydrogen) atoms. The summed E-state index contributed by atoms with van der Waals surface area (Å²) < 4.78 is 5.62. The van der Waals surface area contributed by atoms with Gasteiger partial charge in [0.1, 0.15) is 4.88 Å². The van der Waals surface area contributed by atoms with Crippen molar-refractivity contribution < 1.29 is 19.4 Å². The average molecular weight is 334 g/mol. The van der Waals surface area contributed by atoms with Gasteiger partial charge in [0.25, 0.3) is 0 Å². The minimum absolute atomic E-state index is 0.0835. The molecule has 0 spiro atoms. The minimum Gasteiger partial charge on any atom is -0.505 e. The number of ketones is 1. The van der Waals surface area contributed by atoms with Gasteiger partial charge in [-0.05, 0) is 15.9 Å². The van der Waals surface area contributed by atoms with Gasteiger partial charge in [0, 0.05) is 18.5 Å². The SMILES string of the molecule is O=C(CC(=O)N1CCOCC1)c1scc(Br)c1O. The van der Waals surface area contributed by atoms with Crippen LogP contribution in [0.4, 0.5) is 0 Å². The van der Waals surface area contributed by atoms with Gasteiger partial charge in [0.2, 0.25) is 5.91 Å². The Morgan fingerprint density at radius 3 is 2.67 bits per heavy atom. The Morgan fingerprint density at radius 2 is 2.11 bits per heavy atom. The highest BCUT2D eigenvalue weighted by atomic mass is 79.9. The highest BCUT2D eigenvalue weighted by Gasteiger charge is 2.23. The van der Waals surface area contributed by atoms with E-state index in [4.69, 9.17) is 4.74 Å². The molecule has 1 aliphatic rings. The Balaban J connectivity index is 1.98. The van der Waals surface area contributed by atoms with Crippen LogP contribution in [-0.4, -0.2) is 48.0 Å². The summed E-state index contributed by atoms with van der Waals surface area (Å²) in [5.74, 6) is -0.647. The number of rotatable bonds is 3. The quantitative estimate of drug-likeness (QED) is 0.674. The van der Waals surface area contributed by atoms with Gasteiger partial charge >= 0.3 is 0 Å². The third-order valence-corrected chi connectivity index (χ3v) is 4.57. The molecule has 1 fully saturated rings. The van der Waals surface area contributed by atoms with E-state index in [2.05, 4.69) is 15.9 Å². The van der Waals surface area contributed by atoms with E-state index in [-0.39, 0.29) is 28.7 Å². The van der Waals surface area contributed by atoms with E-state index in [0.29, 0.717) is 30.8 Å². The molecule has 0 saturated carbocycles. The molecule has 1 aromatic rings. The molecule has 1 N–H and O–H groups in total. The molecule has 7 heteroatoms. The van der Waals surface area contributed by atoms with Crippen LogP contribution in [0.5, 0.6) is 5.75 Å². The maximum absolute atomic E-state index is 11.9. The Morgan fingerprint density at radius 1 is 1.44 bits per heavy atom. The highest BCUT2D eigenvalue weighted by molar-refractivity contribution is 9.10. The molecule has 0 aliphatic carbocycles. The topological polar surface area (TPSA) is 66.8 Å². The van der Waals surface area contributed by atoms with Gasteiger partial charge in [-0.3, -0.25) is 9.59 Å². The highest BCUT2D eigenvalue weighted by Crippen LogP contribution is 2.34. The van der Waals surface area contributed by atoms with Crippen molar-refractivity contribution in [2.45, 2.75) is 6.42 Å². The summed E-state index contributed by atoms with van der Waals surface area (Å²) in [5, 5.41) is 11.3. The summed E-state index contributed by atoms with van der Waals surface area (Å²) in [6.45, 7) is 2.06. The third kappa shape index (κ3) is 2.90. The largest absolute Gasteiger partial charge is 0.505 e. The fourth-order valence-electron chi connectivity index (χ4n) is 1.67. The number of thiophene rings is 1. The van der Waals surface area contributed by atoms with Gasteiger partial charge in [-0.1, -0.05) is 0 Å². The Hall–Kier alpha value is -0.920. The lowest BCUT2D eigenvalue weighted by molar-refractivity contribution is -0.134. The summed E-state index contributed by atoms with van der Waals surface area (Å²) in [4.78, 5) is 25.6. The van der Waals surface area contributed by atoms with Gasteiger partial charge in [-0.25, -0.2) is 0 Å². The van der Waals surface area contributed by atoms with Crippen LogP contribution < -0.4 is 0 Å². The Bertz CT molecular complexity index is 468. The predicted octanol–water partition coefficient (Wildman–Crippen LogP) is 1.65. The van der Waals surface area contributed by atoms with Crippen molar-refractivity contribution in [1.82, 2.24) is 4.90 Å². The molecule has 0 bridgehead atoms. The number of morpholine rings is 1. The number of Topliss-reactive ketones (excluding diaryl/α,β-unsaturated/α-hetero) is 1. The van der Waals surface area contributed by atoms with E-state index in [0.717, 1.165) is 11.3 Å². The maximum atomic E-state index is 11.9. The van der Waals surface area contributed by atoms with Crippen molar-refractivity contribution in [3.8, 4) is 5.75 Å². The first-order chi connectivity index (χ1) is 8.59. The Kier molecular flexibility index (Phi) is 4.36. The summed E-state index contributed by atoms with van der Waals surface area (Å²) in [7, 11) is 0. The van der Waals surface area contributed by atoms with E-state index >= 15 is 0 Å². The fourth-order valence-corrected chi connectivity index (χ4v) is 3.04. The van der Waals surface area contributed by atoms with E-state index in [1.54, 1.807) is 10.3 Å². The van der Waals surface area contributed by atoms with E-state index in [9.17, 15) is 14.7 Å². The van der Waals surface area contributed by atoms with Crippen molar-refractivity contribution in [1.29, 1.82) is 0 Å². The zero-order valence-corrected chi connectivity index (χ0v) is 11.9. The number of hydrogen-bond acceptors (Lipinski definition) is 5. The second kappa shape index (κ2) is 5.81. The molecule has 1 aliphatic heterocycles. The first-order valence-electron chi connectivity index (χ1n) is 5.44.